The third kappa shape index (κ3) is 4.48. The van der Waals surface area contributed by atoms with Crippen molar-refractivity contribution in [2.24, 2.45) is 0 Å². The van der Waals surface area contributed by atoms with Gasteiger partial charge in [0.15, 0.2) is 0 Å². The molecule has 0 radical (unpaired) electrons. The van der Waals surface area contributed by atoms with Crippen LogP contribution in [0.25, 0.3) is 0 Å². The van der Waals surface area contributed by atoms with Crippen molar-refractivity contribution in [3.63, 3.8) is 0 Å². The van der Waals surface area contributed by atoms with Crippen molar-refractivity contribution >= 4 is 29.2 Å². The molecule has 0 saturated carbocycles. The summed E-state index contributed by atoms with van der Waals surface area (Å²) in [6.45, 7) is 2.18. The molecule has 0 N–H and O–H groups in total. The third-order valence-corrected chi connectivity index (χ3v) is 3.72. The molecule has 2 rings (SSSR count). The molecular formula is C17H16Cl2O2. The van der Waals surface area contributed by atoms with Crippen LogP contribution < -0.4 is 0 Å². The summed E-state index contributed by atoms with van der Waals surface area (Å²) in [6.07, 6.45) is 0.289. The lowest BCUT2D eigenvalue weighted by molar-refractivity contribution is -0.143. The van der Waals surface area contributed by atoms with Crippen molar-refractivity contribution in [2.45, 2.75) is 19.3 Å². The minimum absolute atomic E-state index is 0.0708. The van der Waals surface area contributed by atoms with Gasteiger partial charge in [0.2, 0.25) is 0 Å². The molecule has 0 aromatic heterocycles. The van der Waals surface area contributed by atoms with Crippen molar-refractivity contribution in [3.8, 4) is 0 Å². The quantitative estimate of drug-likeness (QED) is 0.717. The van der Waals surface area contributed by atoms with E-state index in [2.05, 4.69) is 0 Å². The van der Waals surface area contributed by atoms with Gasteiger partial charge in [0.25, 0.3) is 0 Å². The lowest BCUT2D eigenvalue weighted by Crippen LogP contribution is -2.11. The van der Waals surface area contributed by atoms with E-state index in [0.29, 0.717) is 16.7 Å². The number of carbonyl (C=O) groups excluding carboxylic acids is 1. The highest BCUT2D eigenvalue weighted by molar-refractivity contribution is 6.30. The maximum absolute atomic E-state index is 11.9. The predicted octanol–water partition coefficient (Wildman–Crippen LogP) is 5.08. The highest BCUT2D eigenvalue weighted by Crippen LogP contribution is 2.30. The van der Waals surface area contributed by atoms with Crippen LogP contribution in [0.15, 0.2) is 48.5 Å². The second-order valence-electron chi connectivity index (χ2n) is 4.66. The summed E-state index contributed by atoms with van der Waals surface area (Å²) < 4.78 is 5.07. The summed E-state index contributed by atoms with van der Waals surface area (Å²) in [7, 11) is 0. The first-order valence-electron chi connectivity index (χ1n) is 6.76. The molecule has 0 aliphatic heterocycles. The van der Waals surface area contributed by atoms with E-state index in [1.54, 1.807) is 6.92 Å². The van der Waals surface area contributed by atoms with Gasteiger partial charge in [-0.1, -0.05) is 47.5 Å². The monoisotopic (exact) mass is 322 g/mol. The fraction of sp³-hybridized carbons (Fsp3) is 0.235. The largest absolute Gasteiger partial charge is 0.466 e. The van der Waals surface area contributed by atoms with Gasteiger partial charge < -0.3 is 4.74 Å². The average molecular weight is 323 g/mol. The number of ether oxygens (including phenoxy) is 1. The highest BCUT2D eigenvalue weighted by atomic mass is 35.5. The Morgan fingerprint density at radius 3 is 1.76 bits per heavy atom. The molecule has 0 spiro atoms. The highest BCUT2D eigenvalue weighted by Gasteiger charge is 2.19. The third-order valence-electron chi connectivity index (χ3n) is 3.22. The molecular weight excluding hydrogens is 307 g/mol. The second-order valence-corrected chi connectivity index (χ2v) is 5.54. The van der Waals surface area contributed by atoms with E-state index in [4.69, 9.17) is 27.9 Å². The molecule has 0 bridgehead atoms. The van der Waals surface area contributed by atoms with Gasteiger partial charge in [-0.2, -0.15) is 0 Å². The number of benzene rings is 2. The summed E-state index contributed by atoms with van der Waals surface area (Å²) in [5, 5.41) is 1.34. The van der Waals surface area contributed by atoms with Gasteiger partial charge in [0.1, 0.15) is 0 Å². The van der Waals surface area contributed by atoms with Gasteiger partial charge in [-0.15, -0.1) is 0 Å². The number of hydrogen-bond donors (Lipinski definition) is 0. The number of carbonyl (C=O) groups is 1. The molecule has 0 heterocycles. The van der Waals surface area contributed by atoms with Gasteiger partial charge in [0, 0.05) is 16.0 Å². The molecule has 0 fully saturated rings. The SMILES string of the molecule is CCOC(=O)CC(c1ccc(Cl)cc1)c1ccc(Cl)cc1. The first-order valence-corrected chi connectivity index (χ1v) is 7.52. The topological polar surface area (TPSA) is 26.3 Å². The van der Waals surface area contributed by atoms with E-state index in [9.17, 15) is 4.79 Å². The maximum Gasteiger partial charge on any atom is 0.306 e. The summed E-state index contributed by atoms with van der Waals surface area (Å²) in [5.41, 5.74) is 2.05. The number of rotatable bonds is 5. The Labute approximate surface area is 134 Å². The van der Waals surface area contributed by atoms with Gasteiger partial charge in [-0.25, -0.2) is 0 Å². The summed E-state index contributed by atoms with van der Waals surface area (Å²) in [4.78, 5) is 11.9. The van der Waals surface area contributed by atoms with Gasteiger partial charge >= 0.3 is 5.97 Å². The van der Waals surface area contributed by atoms with Crippen LogP contribution in [-0.2, 0) is 9.53 Å². The van der Waals surface area contributed by atoms with Crippen molar-refractivity contribution in [1.82, 2.24) is 0 Å². The van der Waals surface area contributed by atoms with Crippen molar-refractivity contribution in [3.05, 3.63) is 69.7 Å². The molecule has 2 aromatic carbocycles. The lowest BCUT2D eigenvalue weighted by atomic mass is 9.88. The average Bonchev–Trinajstić information content (AvgIpc) is 2.47. The van der Waals surface area contributed by atoms with E-state index in [1.807, 2.05) is 48.5 Å². The number of hydrogen-bond acceptors (Lipinski definition) is 2. The van der Waals surface area contributed by atoms with Crippen molar-refractivity contribution in [1.29, 1.82) is 0 Å². The number of esters is 1. The van der Waals surface area contributed by atoms with Crippen molar-refractivity contribution in [2.75, 3.05) is 6.61 Å². The predicted molar refractivity (Wildman–Crippen MR) is 86.0 cm³/mol. The molecule has 4 heteroatoms. The van der Waals surface area contributed by atoms with E-state index in [1.165, 1.54) is 0 Å². The molecule has 0 unspecified atom stereocenters. The molecule has 0 saturated heterocycles. The van der Waals surface area contributed by atoms with Crippen LogP contribution in [-0.4, -0.2) is 12.6 Å². The molecule has 110 valence electrons. The number of halogens is 2. The van der Waals surface area contributed by atoms with Gasteiger partial charge in [-0.05, 0) is 42.3 Å². The smallest absolute Gasteiger partial charge is 0.306 e. The molecule has 0 atom stereocenters. The normalized spacial score (nSPS) is 10.7. The standard InChI is InChI=1S/C17H16Cl2O2/c1-2-21-17(20)11-16(12-3-7-14(18)8-4-12)13-5-9-15(19)10-6-13/h3-10,16H,2,11H2,1H3. The minimum atomic E-state index is -0.215. The Morgan fingerprint density at radius 2 is 1.38 bits per heavy atom. The van der Waals surface area contributed by atoms with Crippen LogP contribution in [0, 0.1) is 0 Å². The Morgan fingerprint density at radius 1 is 0.952 bits per heavy atom. The van der Waals surface area contributed by atoms with Crippen LogP contribution in [0.5, 0.6) is 0 Å². The Balaban J connectivity index is 2.31. The van der Waals surface area contributed by atoms with Gasteiger partial charge in [0.05, 0.1) is 13.0 Å². The second kappa shape index (κ2) is 7.48. The zero-order valence-electron chi connectivity index (χ0n) is 11.7. The molecule has 0 aliphatic carbocycles. The fourth-order valence-corrected chi connectivity index (χ4v) is 2.46. The maximum atomic E-state index is 11.9. The summed E-state index contributed by atoms with van der Waals surface area (Å²) in [6, 6.07) is 15.0. The van der Waals surface area contributed by atoms with E-state index in [0.717, 1.165) is 11.1 Å². The molecule has 2 aromatic rings. The molecule has 0 amide bonds. The molecule has 21 heavy (non-hydrogen) atoms. The first-order chi connectivity index (χ1) is 10.1. The first kappa shape index (κ1) is 15.9. The lowest BCUT2D eigenvalue weighted by Gasteiger charge is -2.17. The fourth-order valence-electron chi connectivity index (χ4n) is 2.20. The van der Waals surface area contributed by atoms with Crippen LogP contribution in [0.4, 0.5) is 0 Å². The van der Waals surface area contributed by atoms with E-state index in [-0.39, 0.29) is 18.3 Å². The molecule has 0 aliphatic rings. The Kier molecular flexibility index (Phi) is 5.66. The van der Waals surface area contributed by atoms with Crippen LogP contribution in [0.2, 0.25) is 10.0 Å². The Hall–Kier alpha value is -1.51. The van der Waals surface area contributed by atoms with E-state index < -0.39 is 0 Å². The van der Waals surface area contributed by atoms with Gasteiger partial charge in [-0.3, -0.25) is 4.79 Å². The summed E-state index contributed by atoms with van der Waals surface area (Å²) in [5.74, 6) is -0.286. The van der Waals surface area contributed by atoms with Crippen LogP contribution >= 0.6 is 23.2 Å². The zero-order valence-corrected chi connectivity index (χ0v) is 13.2. The Bertz CT molecular complexity index is 546. The van der Waals surface area contributed by atoms with Crippen LogP contribution in [0.3, 0.4) is 0 Å². The zero-order chi connectivity index (χ0) is 15.2. The summed E-state index contributed by atoms with van der Waals surface area (Å²) >= 11 is 11.9. The molecule has 2 nitrogen and oxygen atoms in total. The van der Waals surface area contributed by atoms with E-state index >= 15 is 0 Å². The minimum Gasteiger partial charge on any atom is -0.466 e. The van der Waals surface area contributed by atoms with Crippen molar-refractivity contribution < 1.29 is 9.53 Å². The van der Waals surface area contributed by atoms with Crippen LogP contribution in [0.1, 0.15) is 30.4 Å².